The largest absolute Gasteiger partial charge is 0.416 e. The molecule has 2 aromatic rings. The Labute approximate surface area is 146 Å². The van der Waals surface area contributed by atoms with E-state index in [2.05, 4.69) is 26.1 Å². The quantitative estimate of drug-likeness (QED) is 0.691. The van der Waals surface area contributed by atoms with Gasteiger partial charge in [0.05, 0.1) is 11.5 Å². The number of sulfone groups is 1. The van der Waals surface area contributed by atoms with Gasteiger partial charge in [0, 0.05) is 16.6 Å². The summed E-state index contributed by atoms with van der Waals surface area (Å²) in [7, 11) is -2.89. The van der Waals surface area contributed by atoms with E-state index in [1.54, 1.807) is 6.07 Å². The van der Waals surface area contributed by atoms with Crippen LogP contribution in [0, 0.1) is 11.7 Å². The Morgan fingerprint density at radius 1 is 1.39 bits per heavy atom. The summed E-state index contributed by atoms with van der Waals surface area (Å²) in [5.41, 5.74) is 0.929. The van der Waals surface area contributed by atoms with E-state index in [0.717, 1.165) is 5.56 Å². The van der Waals surface area contributed by atoms with Gasteiger partial charge in [0.25, 0.3) is 5.22 Å². The Kier molecular flexibility index (Phi) is 5.07. The SMILES string of the molecule is O=S1(=O)CC[C@@H](Cc2nnc(SCc3ccc(F)cc3Br)o2)C1. The summed E-state index contributed by atoms with van der Waals surface area (Å²) in [6.45, 7) is 0. The minimum atomic E-state index is -2.89. The summed E-state index contributed by atoms with van der Waals surface area (Å²) < 4.78 is 42.2. The lowest BCUT2D eigenvalue weighted by molar-refractivity contribution is 0.389. The molecule has 0 N–H and O–H groups in total. The zero-order valence-corrected chi connectivity index (χ0v) is 15.3. The zero-order valence-electron chi connectivity index (χ0n) is 12.0. The third-order valence-electron chi connectivity index (χ3n) is 3.60. The summed E-state index contributed by atoms with van der Waals surface area (Å²) in [4.78, 5) is 0. The maximum Gasteiger partial charge on any atom is 0.276 e. The topological polar surface area (TPSA) is 73.1 Å². The third kappa shape index (κ3) is 4.54. The molecule has 9 heteroatoms. The number of rotatable bonds is 5. The first-order valence-corrected chi connectivity index (χ1v) is 10.6. The van der Waals surface area contributed by atoms with Crippen molar-refractivity contribution in [3.05, 3.63) is 39.9 Å². The molecule has 3 rings (SSSR count). The van der Waals surface area contributed by atoms with Crippen LogP contribution in [0.15, 0.2) is 32.3 Å². The van der Waals surface area contributed by atoms with Crippen LogP contribution in [0.5, 0.6) is 0 Å². The molecule has 1 atom stereocenters. The predicted octanol–water partition coefficient (Wildman–Crippen LogP) is 3.24. The van der Waals surface area contributed by atoms with Gasteiger partial charge in [-0.25, -0.2) is 12.8 Å². The molecule has 1 aliphatic heterocycles. The predicted molar refractivity (Wildman–Crippen MR) is 88.4 cm³/mol. The summed E-state index contributed by atoms with van der Waals surface area (Å²) >= 11 is 4.68. The van der Waals surface area contributed by atoms with Gasteiger partial charge in [-0.15, -0.1) is 10.2 Å². The van der Waals surface area contributed by atoms with E-state index in [-0.39, 0.29) is 23.2 Å². The lowest BCUT2D eigenvalue weighted by Crippen LogP contribution is -2.07. The Hall–Kier alpha value is -0.930. The second-order valence-electron chi connectivity index (χ2n) is 5.46. The number of thioether (sulfide) groups is 1. The van der Waals surface area contributed by atoms with Gasteiger partial charge in [0.2, 0.25) is 5.89 Å². The fourth-order valence-electron chi connectivity index (χ4n) is 2.44. The molecule has 1 saturated heterocycles. The van der Waals surface area contributed by atoms with Gasteiger partial charge in [-0.3, -0.25) is 0 Å². The van der Waals surface area contributed by atoms with Crippen molar-refractivity contribution in [3.63, 3.8) is 0 Å². The van der Waals surface area contributed by atoms with Crippen LogP contribution >= 0.6 is 27.7 Å². The second kappa shape index (κ2) is 6.90. The average molecular weight is 421 g/mol. The highest BCUT2D eigenvalue weighted by Gasteiger charge is 2.29. The molecule has 0 spiro atoms. The molecule has 23 heavy (non-hydrogen) atoms. The van der Waals surface area contributed by atoms with Crippen LogP contribution < -0.4 is 0 Å². The Bertz CT molecular complexity index is 810. The van der Waals surface area contributed by atoms with Crippen LogP contribution in [0.1, 0.15) is 17.9 Å². The first kappa shape index (κ1) is 16.9. The smallest absolute Gasteiger partial charge is 0.276 e. The highest BCUT2D eigenvalue weighted by atomic mass is 79.9. The molecule has 2 heterocycles. The standard InChI is InChI=1S/C14H14BrFN2O3S2/c15-12-6-11(16)2-1-10(12)7-22-14-18-17-13(21-14)5-9-3-4-23(19,20)8-9/h1-2,6,9H,3-5,7-8H2/t9-/m0/s1. The van der Waals surface area contributed by atoms with Crippen molar-refractivity contribution in [2.24, 2.45) is 5.92 Å². The summed E-state index contributed by atoms with van der Waals surface area (Å²) in [5, 5.41) is 8.36. The lowest BCUT2D eigenvalue weighted by Gasteiger charge is -2.03. The van der Waals surface area contributed by atoms with E-state index in [9.17, 15) is 12.8 Å². The molecule has 1 aromatic heterocycles. The molecule has 124 valence electrons. The monoisotopic (exact) mass is 420 g/mol. The number of benzene rings is 1. The number of hydrogen-bond acceptors (Lipinski definition) is 6. The second-order valence-corrected chi connectivity index (χ2v) is 9.47. The average Bonchev–Trinajstić information content (AvgIpc) is 3.05. The van der Waals surface area contributed by atoms with Crippen LogP contribution in [-0.2, 0) is 22.0 Å². The van der Waals surface area contributed by atoms with Gasteiger partial charge in [0.15, 0.2) is 9.84 Å². The molecule has 0 aliphatic carbocycles. The van der Waals surface area contributed by atoms with Crippen LogP contribution in [0.25, 0.3) is 0 Å². The van der Waals surface area contributed by atoms with Crippen LogP contribution in [-0.4, -0.2) is 30.1 Å². The number of nitrogens with zero attached hydrogens (tertiary/aromatic N) is 2. The third-order valence-corrected chi connectivity index (χ3v) is 7.05. The fraction of sp³-hybridized carbons (Fsp3) is 0.429. The van der Waals surface area contributed by atoms with Crippen LogP contribution in [0.4, 0.5) is 4.39 Å². The molecule has 0 radical (unpaired) electrons. The van der Waals surface area contributed by atoms with Crippen molar-refractivity contribution in [2.45, 2.75) is 23.8 Å². The Balaban J connectivity index is 1.57. The minimum absolute atomic E-state index is 0.0598. The van der Waals surface area contributed by atoms with E-state index < -0.39 is 9.84 Å². The zero-order chi connectivity index (χ0) is 16.4. The molecule has 0 unspecified atom stereocenters. The fourth-order valence-corrected chi connectivity index (χ4v) is 5.76. The first-order chi connectivity index (χ1) is 10.9. The molecule has 1 fully saturated rings. The van der Waals surface area contributed by atoms with Gasteiger partial charge in [-0.1, -0.05) is 33.8 Å². The molecular formula is C14H14BrFN2O3S2. The van der Waals surface area contributed by atoms with Gasteiger partial charge >= 0.3 is 0 Å². The number of halogens is 2. The Morgan fingerprint density at radius 3 is 2.91 bits per heavy atom. The van der Waals surface area contributed by atoms with E-state index in [1.165, 1.54) is 23.9 Å². The van der Waals surface area contributed by atoms with E-state index in [0.29, 0.717) is 34.2 Å². The number of aromatic nitrogens is 2. The summed E-state index contributed by atoms with van der Waals surface area (Å²) in [6, 6.07) is 4.52. The van der Waals surface area contributed by atoms with Gasteiger partial charge in [-0.2, -0.15) is 0 Å². The Morgan fingerprint density at radius 2 is 2.22 bits per heavy atom. The van der Waals surface area contributed by atoms with Crippen molar-refractivity contribution >= 4 is 37.5 Å². The minimum Gasteiger partial charge on any atom is -0.416 e. The van der Waals surface area contributed by atoms with E-state index >= 15 is 0 Å². The highest BCUT2D eigenvalue weighted by Crippen LogP contribution is 2.28. The van der Waals surface area contributed by atoms with Crippen molar-refractivity contribution in [2.75, 3.05) is 11.5 Å². The molecule has 0 bridgehead atoms. The van der Waals surface area contributed by atoms with Gasteiger partial charge in [0.1, 0.15) is 5.82 Å². The van der Waals surface area contributed by atoms with E-state index in [1.807, 2.05) is 0 Å². The van der Waals surface area contributed by atoms with Crippen LogP contribution in [0.3, 0.4) is 0 Å². The molecule has 5 nitrogen and oxygen atoms in total. The van der Waals surface area contributed by atoms with Crippen molar-refractivity contribution in [3.8, 4) is 0 Å². The maximum atomic E-state index is 13.0. The normalized spacial score (nSPS) is 20.0. The molecular weight excluding hydrogens is 407 g/mol. The van der Waals surface area contributed by atoms with Gasteiger partial charge < -0.3 is 4.42 Å². The lowest BCUT2D eigenvalue weighted by atomic mass is 10.1. The van der Waals surface area contributed by atoms with Crippen molar-refractivity contribution in [1.29, 1.82) is 0 Å². The van der Waals surface area contributed by atoms with Gasteiger partial charge in [-0.05, 0) is 30.0 Å². The first-order valence-electron chi connectivity index (χ1n) is 7.01. The van der Waals surface area contributed by atoms with E-state index in [4.69, 9.17) is 4.42 Å². The summed E-state index contributed by atoms with van der Waals surface area (Å²) in [6.07, 6.45) is 1.14. The van der Waals surface area contributed by atoms with Crippen LogP contribution in [0.2, 0.25) is 0 Å². The maximum absolute atomic E-state index is 13.0. The molecule has 1 aliphatic rings. The number of hydrogen-bond donors (Lipinski definition) is 0. The molecule has 0 saturated carbocycles. The molecule has 0 amide bonds. The summed E-state index contributed by atoms with van der Waals surface area (Å²) in [5.74, 6) is 1.24. The van der Waals surface area contributed by atoms with Crippen molar-refractivity contribution in [1.82, 2.24) is 10.2 Å². The highest BCUT2D eigenvalue weighted by molar-refractivity contribution is 9.10. The molecule has 1 aromatic carbocycles. The van der Waals surface area contributed by atoms with Crippen molar-refractivity contribution < 1.29 is 17.2 Å².